The predicted molar refractivity (Wildman–Crippen MR) is 110 cm³/mol. The molecule has 31 heavy (non-hydrogen) atoms. The number of hydroxylamine groups is 2. The van der Waals surface area contributed by atoms with E-state index in [0.29, 0.717) is 11.6 Å². The predicted octanol–water partition coefficient (Wildman–Crippen LogP) is 3.56. The van der Waals surface area contributed by atoms with E-state index < -0.39 is 23.4 Å². The molecule has 1 aromatic rings. The van der Waals surface area contributed by atoms with Crippen LogP contribution in [0.15, 0.2) is 24.3 Å². The van der Waals surface area contributed by atoms with Crippen molar-refractivity contribution in [2.75, 3.05) is 6.54 Å². The highest BCUT2D eigenvalue weighted by atomic mass is 16.7. The van der Waals surface area contributed by atoms with Gasteiger partial charge < -0.3 is 14.5 Å². The van der Waals surface area contributed by atoms with Gasteiger partial charge in [-0.05, 0) is 57.6 Å². The van der Waals surface area contributed by atoms with Gasteiger partial charge in [0.15, 0.2) is 0 Å². The van der Waals surface area contributed by atoms with Gasteiger partial charge in [0.25, 0.3) is 11.8 Å². The van der Waals surface area contributed by atoms with Crippen LogP contribution in [0, 0.1) is 11.8 Å². The summed E-state index contributed by atoms with van der Waals surface area (Å²) in [5.74, 6) is -1.83. The van der Waals surface area contributed by atoms with Gasteiger partial charge in [0, 0.05) is 12.6 Å². The van der Waals surface area contributed by atoms with Crippen LogP contribution in [-0.4, -0.2) is 52.0 Å². The summed E-state index contributed by atoms with van der Waals surface area (Å²) in [4.78, 5) is 57.2. The molecule has 0 spiro atoms. The van der Waals surface area contributed by atoms with Crippen LogP contribution in [0.2, 0.25) is 0 Å². The normalized spacial score (nSPS) is 25.3. The van der Waals surface area contributed by atoms with E-state index in [0.717, 1.165) is 25.7 Å². The van der Waals surface area contributed by atoms with Gasteiger partial charge in [-0.1, -0.05) is 30.0 Å². The molecule has 1 saturated heterocycles. The Morgan fingerprint density at radius 3 is 2.26 bits per heavy atom. The number of rotatable bonds is 3. The van der Waals surface area contributed by atoms with Gasteiger partial charge >= 0.3 is 12.1 Å². The van der Waals surface area contributed by atoms with E-state index >= 15 is 0 Å². The molecule has 166 valence electrons. The lowest BCUT2D eigenvalue weighted by Crippen LogP contribution is -2.42. The summed E-state index contributed by atoms with van der Waals surface area (Å²) in [7, 11) is 0. The van der Waals surface area contributed by atoms with Crippen molar-refractivity contribution in [2.45, 2.75) is 64.5 Å². The number of benzene rings is 1. The van der Waals surface area contributed by atoms with Crippen LogP contribution < -0.4 is 0 Å². The maximum Gasteiger partial charge on any atom is 0.410 e. The van der Waals surface area contributed by atoms with Gasteiger partial charge in [0.2, 0.25) is 0 Å². The summed E-state index contributed by atoms with van der Waals surface area (Å²) in [6.07, 6.45) is 3.57. The van der Waals surface area contributed by atoms with E-state index in [1.807, 2.05) is 20.8 Å². The molecule has 0 N–H and O–H groups in total. The summed E-state index contributed by atoms with van der Waals surface area (Å²) >= 11 is 0. The molecule has 0 bridgehead atoms. The molecule has 1 aromatic carbocycles. The topological polar surface area (TPSA) is 93.2 Å². The Morgan fingerprint density at radius 1 is 1.03 bits per heavy atom. The number of ether oxygens (including phenoxy) is 1. The van der Waals surface area contributed by atoms with E-state index in [2.05, 4.69) is 0 Å². The van der Waals surface area contributed by atoms with E-state index in [4.69, 9.17) is 9.57 Å². The van der Waals surface area contributed by atoms with Crippen LogP contribution in [0.25, 0.3) is 0 Å². The fourth-order valence-electron chi connectivity index (χ4n) is 4.95. The van der Waals surface area contributed by atoms with E-state index in [1.54, 1.807) is 17.0 Å². The minimum Gasteiger partial charge on any atom is -0.444 e. The maximum absolute atomic E-state index is 12.7. The summed E-state index contributed by atoms with van der Waals surface area (Å²) in [6, 6.07) is 6.42. The molecule has 4 rings (SSSR count). The van der Waals surface area contributed by atoms with Crippen LogP contribution in [-0.2, 0) is 14.4 Å². The summed E-state index contributed by atoms with van der Waals surface area (Å²) in [6.45, 7) is 5.89. The summed E-state index contributed by atoms with van der Waals surface area (Å²) in [5, 5.41) is 0.548. The highest BCUT2D eigenvalue weighted by molar-refractivity contribution is 6.20. The number of amides is 3. The van der Waals surface area contributed by atoms with Crippen molar-refractivity contribution in [1.82, 2.24) is 9.96 Å². The fourth-order valence-corrected chi connectivity index (χ4v) is 4.95. The molecular weight excluding hydrogens is 400 g/mol. The Labute approximate surface area is 181 Å². The zero-order chi connectivity index (χ0) is 22.3. The van der Waals surface area contributed by atoms with E-state index in [-0.39, 0.29) is 41.5 Å². The average molecular weight is 428 g/mol. The number of carbonyl (C=O) groups excluding carboxylic acids is 4. The molecule has 3 amide bonds. The number of carbonyl (C=O) groups is 4. The number of imide groups is 1. The van der Waals surface area contributed by atoms with Gasteiger partial charge in [-0.2, -0.15) is 0 Å². The van der Waals surface area contributed by atoms with Crippen LogP contribution in [0.1, 0.15) is 73.6 Å². The lowest BCUT2D eigenvalue weighted by molar-refractivity contribution is -0.170. The van der Waals surface area contributed by atoms with Crippen molar-refractivity contribution in [3.63, 3.8) is 0 Å². The SMILES string of the molecule is CC(C)(C)OC(=O)N1CC(CC(=O)ON2C(=O)c3ccccc3C2=O)C2CCCCC21. The first-order chi connectivity index (χ1) is 14.7. The lowest BCUT2D eigenvalue weighted by Gasteiger charge is -2.33. The van der Waals surface area contributed by atoms with Crippen molar-refractivity contribution in [1.29, 1.82) is 0 Å². The van der Waals surface area contributed by atoms with Gasteiger partial charge in [-0.15, -0.1) is 0 Å². The molecule has 8 heteroatoms. The van der Waals surface area contributed by atoms with Crippen molar-refractivity contribution >= 4 is 23.9 Å². The molecule has 2 aliphatic heterocycles. The first kappa shape index (κ1) is 21.3. The van der Waals surface area contributed by atoms with E-state index in [9.17, 15) is 19.2 Å². The standard InChI is InChI=1S/C23H28N2O6/c1-23(2,3)30-22(29)24-13-14(15-8-6-7-11-18(15)24)12-19(26)31-25-20(27)16-9-4-5-10-17(16)21(25)28/h4-5,9-10,14-15,18H,6-8,11-13H2,1-3H3. The Morgan fingerprint density at radius 2 is 1.65 bits per heavy atom. The number of likely N-dealkylation sites (tertiary alicyclic amines) is 1. The molecule has 2 heterocycles. The Hall–Kier alpha value is -2.90. The smallest absolute Gasteiger partial charge is 0.410 e. The monoisotopic (exact) mass is 428 g/mol. The molecule has 8 nitrogen and oxygen atoms in total. The molecule has 2 fully saturated rings. The highest BCUT2D eigenvalue weighted by Crippen LogP contribution is 2.42. The molecule has 3 unspecified atom stereocenters. The van der Waals surface area contributed by atoms with Crippen LogP contribution in [0.5, 0.6) is 0 Å². The minimum atomic E-state index is -0.644. The number of hydrogen-bond donors (Lipinski definition) is 0. The first-order valence-corrected chi connectivity index (χ1v) is 10.8. The third kappa shape index (κ3) is 4.16. The molecule has 0 aromatic heterocycles. The number of fused-ring (bicyclic) bond motifs is 2. The Balaban J connectivity index is 1.43. The van der Waals surface area contributed by atoms with Crippen molar-refractivity contribution < 1.29 is 28.8 Å². The van der Waals surface area contributed by atoms with E-state index in [1.165, 1.54) is 12.1 Å². The second kappa shape index (κ2) is 7.98. The maximum atomic E-state index is 12.7. The molecule has 3 aliphatic rings. The van der Waals surface area contributed by atoms with Gasteiger partial charge in [0.1, 0.15) is 5.60 Å². The number of nitrogens with zero attached hydrogens (tertiary/aromatic N) is 2. The third-order valence-electron chi connectivity index (χ3n) is 6.23. The quantitative estimate of drug-likeness (QED) is 0.684. The molecule has 1 saturated carbocycles. The van der Waals surface area contributed by atoms with Gasteiger partial charge in [-0.25, -0.2) is 9.59 Å². The Bertz CT molecular complexity index is 886. The number of hydrogen-bond acceptors (Lipinski definition) is 6. The zero-order valence-corrected chi connectivity index (χ0v) is 18.1. The van der Waals surface area contributed by atoms with Gasteiger partial charge in [0.05, 0.1) is 17.5 Å². The first-order valence-electron chi connectivity index (χ1n) is 10.8. The van der Waals surface area contributed by atoms with Crippen molar-refractivity contribution in [3.05, 3.63) is 35.4 Å². The molecule has 3 atom stereocenters. The second-order valence-corrected chi connectivity index (χ2v) is 9.53. The molecule has 0 radical (unpaired) electrons. The van der Waals surface area contributed by atoms with Crippen molar-refractivity contribution in [2.24, 2.45) is 11.8 Å². The third-order valence-corrected chi connectivity index (χ3v) is 6.23. The molecular formula is C23H28N2O6. The zero-order valence-electron chi connectivity index (χ0n) is 18.1. The second-order valence-electron chi connectivity index (χ2n) is 9.53. The average Bonchev–Trinajstić information content (AvgIpc) is 3.19. The molecule has 1 aliphatic carbocycles. The van der Waals surface area contributed by atoms with Crippen LogP contribution >= 0.6 is 0 Å². The minimum absolute atomic E-state index is 0.0356. The fraction of sp³-hybridized carbons (Fsp3) is 0.565. The van der Waals surface area contributed by atoms with Crippen LogP contribution in [0.4, 0.5) is 4.79 Å². The van der Waals surface area contributed by atoms with Crippen molar-refractivity contribution in [3.8, 4) is 0 Å². The Kier molecular flexibility index (Phi) is 5.49. The summed E-state index contributed by atoms with van der Waals surface area (Å²) in [5.41, 5.74) is -0.141. The lowest BCUT2D eigenvalue weighted by atomic mass is 9.78. The summed E-state index contributed by atoms with van der Waals surface area (Å²) < 4.78 is 5.57. The van der Waals surface area contributed by atoms with Gasteiger partial charge in [-0.3, -0.25) is 9.59 Å². The highest BCUT2D eigenvalue weighted by Gasteiger charge is 2.47. The largest absolute Gasteiger partial charge is 0.444 e. The van der Waals surface area contributed by atoms with Crippen LogP contribution in [0.3, 0.4) is 0 Å².